The van der Waals surface area contributed by atoms with Gasteiger partial charge in [0.25, 0.3) is 0 Å². The molecular weight excluding hydrogens is 993 g/mol. The number of carbonyl (C=O) groups is 8. The standard InChI is InChI=1S/C56H82O20/c1-28(57)67-27-36-40(68-29(2)58)41(69-30(3)59)46(76-49-45(72-33(6)62)43(71-32(5)61)42(70-31(4)60)44(75-49)47(63)65-14)48(73-36)74-39-19-20-54(11)37(51(39,7)8)18-21-56(13)38(54)17-16-34-35-26-53(10,50(64)66-15)23-22-52(35,9)24-25-55(34,56)12/h16,35-46,48-49H,17-27H2,1-15H3/t35-,36+,37-,38+,39-,40+,41-,42-,43-,44-,45+,46+,48-,49-,52+,53-,54-,55+,56+/m0/s1. The maximum Gasteiger partial charge on any atom is 0.339 e. The van der Waals surface area contributed by atoms with Crippen molar-refractivity contribution in [2.24, 2.45) is 50.2 Å². The quantitative estimate of drug-likeness (QED) is 0.0818. The van der Waals surface area contributed by atoms with Crippen LogP contribution in [0.2, 0.25) is 0 Å². The van der Waals surface area contributed by atoms with Gasteiger partial charge in [-0.05, 0) is 116 Å². The van der Waals surface area contributed by atoms with Gasteiger partial charge in [0.05, 0.1) is 25.7 Å². The molecule has 2 heterocycles. The van der Waals surface area contributed by atoms with E-state index in [2.05, 4.69) is 54.5 Å². The molecule has 7 aliphatic rings. The van der Waals surface area contributed by atoms with E-state index in [9.17, 15) is 38.4 Å². The van der Waals surface area contributed by atoms with Gasteiger partial charge in [-0.25, -0.2) is 4.79 Å². The minimum absolute atomic E-state index is 0.0656. The summed E-state index contributed by atoms with van der Waals surface area (Å²) in [6.45, 7) is 22.3. The number of hydrogen-bond acceptors (Lipinski definition) is 20. The molecule has 0 aromatic heterocycles. The summed E-state index contributed by atoms with van der Waals surface area (Å²) < 4.78 is 71.1. The lowest BCUT2D eigenvalue weighted by Crippen LogP contribution is -2.68. The van der Waals surface area contributed by atoms with E-state index in [1.165, 1.54) is 19.6 Å². The zero-order chi connectivity index (χ0) is 56.2. The van der Waals surface area contributed by atoms with Crippen LogP contribution >= 0.6 is 0 Å². The lowest BCUT2D eigenvalue weighted by molar-refractivity contribution is -0.376. The number of hydrogen-bond donors (Lipinski definition) is 0. The van der Waals surface area contributed by atoms with E-state index >= 15 is 0 Å². The van der Waals surface area contributed by atoms with Gasteiger partial charge < -0.3 is 56.8 Å². The van der Waals surface area contributed by atoms with Crippen molar-refractivity contribution in [1.82, 2.24) is 0 Å². The van der Waals surface area contributed by atoms with E-state index in [0.717, 1.165) is 99.5 Å². The predicted molar refractivity (Wildman–Crippen MR) is 265 cm³/mol. The Labute approximate surface area is 446 Å². The molecule has 19 atom stereocenters. The van der Waals surface area contributed by atoms with Crippen LogP contribution in [0.3, 0.4) is 0 Å². The average molecular weight is 1080 g/mol. The highest BCUT2D eigenvalue weighted by Crippen LogP contribution is 2.76. The molecule has 20 heteroatoms. The van der Waals surface area contributed by atoms with Crippen molar-refractivity contribution in [2.45, 2.75) is 222 Å². The highest BCUT2D eigenvalue weighted by atomic mass is 16.8. The van der Waals surface area contributed by atoms with Gasteiger partial charge in [0.15, 0.2) is 49.0 Å². The number of rotatable bonds is 13. The molecule has 20 nitrogen and oxygen atoms in total. The van der Waals surface area contributed by atoms with Crippen LogP contribution < -0.4 is 0 Å². The highest BCUT2D eigenvalue weighted by molar-refractivity contribution is 5.78. The minimum atomic E-state index is -1.92. The van der Waals surface area contributed by atoms with Gasteiger partial charge in [-0.1, -0.05) is 53.2 Å². The average Bonchev–Trinajstić information content (AvgIpc) is 3.34. The molecule has 0 N–H and O–H groups in total. The Bertz CT molecular complexity index is 2310. The third-order valence-corrected chi connectivity index (χ3v) is 19.5. The fraction of sp³-hybridized carbons (Fsp3) is 0.821. The van der Waals surface area contributed by atoms with E-state index < -0.39 is 127 Å². The Hall–Kier alpha value is -4.66. The van der Waals surface area contributed by atoms with E-state index in [4.69, 9.17) is 56.8 Å². The van der Waals surface area contributed by atoms with Gasteiger partial charge in [0.2, 0.25) is 6.29 Å². The molecule has 0 radical (unpaired) electrons. The first-order valence-corrected chi connectivity index (χ1v) is 26.9. The lowest BCUT2D eigenvalue weighted by Gasteiger charge is -2.71. The number of methoxy groups -OCH3 is 2. The van der Waals surface area contributed by atoms with Gasteiger partial charge in [-0.3, -0.25) is 33.6 Å². The Kier molecular flexibility index (Phi) is 17.0. The Morgan fingerprint density at radius 1 is 0.566 bits per heavy atom. The van der Waals surface area contributed by atoms with Gasteiger partial charge in [0.1, 0.15) is 12.7 Å². The van der Waals surface area contributed by atoms with Crippen LogP contribution in [0.5, 0.6) is 0 Å². The number of ether oxygens (including phenoxy) is 12. The smallest absolute Gasteiger partial charge is 0.339 e. The first kappa shape index (κ1) is 59.0. The van der Waals surface area contributed by atoms with Crippen LogP contribution in [0.1, 0.15) is 154 Å². The van der Waals surface area contributed by atoms with Crippen molar-refractivity contribution in [3.63, 3.8) is 0 Å². The molecule has 0 bridgehead atoms. The monoisotopic (exact) mass is 1070 g/mol. The zero-order valence-electron chi connectivity index (χ0n) is 47.1. The van der Waals surface area contributed by atoms with Crippen molar-refractivity contribution in [2.75, 3.05) is 20.8 Å². The molecule has 426 valence electrons. The van der Waals surface area contributed by atoms with Crippen molar-refractivity contribution < 1.29 is 95.2 Å². The third-order valence-electron chi connectivity index (χ3n) is 19.5. The normalized spacial score (nSPS) is 42.3. The number of allylic oxidation sites excluding steroid dienone is 2. The van der Waals surface area contributed by atoms with E-state index in [-0.39, 0.29) is 39.5 Å². The summed E-state index contributed by atoms with van der Waals surface area (Å²) in [6, 6.07) is 0. The largest absolute Gasteiger partial charge is 0.469 e. The Balaban J connectivity index is 1.27. The molecule has 76 heavy (non-hydrogen) atoms. The summed E-state index contributed by atoms with van der Waals surface area (Å²) in [7, 11) is 2.53. The van der Waals surface area contributed by atoms with Crippen LogP contribution in [0.25, 0.3) is 0 Å². The summed E-state index contributed by atoms with van der Waals surface area (Å²) in [5, 5.41) is 0. The van der Waals surface area contributed by atoms with Gasteiger partial charge in [-0.2, -0.15) is 0 Å². The second-order valence-corrected chi connectivity index (χ2v) is 24.5. The van der Waals surface area contributed by atoms with Crippen molar-refractivity contribution in [3.05, 3.63) is 11.6 Å². The van der Waals surface area contributed by atoms with E-state index in [0.29, 0.717) is 12.3 Å². The Morgan fingerprint density at radius 3 is 1.70 bits per heavy atom. The fourth-order valence-corrected chi connectivity index (χ4v) is 15.6. The van der Waals surface area contributed by atoms with Gasteiger partial charge in [0, 0.05) is 41.5 Å². The van der Waals surface area contributed by atoms with Crippen LogP contribution in [-0.4, -0.2) is 136 Å². The molecule has 2 saturated heterocycles. The molecular formula is C56H82O20. The summed E-state index contributed by atoms with van der Waals surface area (Å²) in [5.74, 6) is -5.69. The number of fused-ring (bicyclic) bond motifs is 7. The zero-order valence-corrected chi connectivity index (χ0v) is 47.1. The lowest BCUT2D eigenvalue weighted by atomic mass is 9.33. The molecule has 0 aromatic rings. The molecule has 4 saturated carbocycles. The minimum Gasteiger partial charge on any atom is -0.469 e. The van der Waals surface area contributed by atoms with Crippen molar-refractivity contribution in [1.29, 1.82) is 0 Å². The Morgan fingerprint density at radius 2 is 1.12 bits per heavy atom. The second kappa shape index (κ2) is 21.9. The summed E-state index contributed by atoms with van der Waals surface area (Å²) in [4.78, 5) is 103. The number of carbonyl (C=O) groups excluding carboxylic acids is 8. The topological polar surface area (TPSA) is 247 Å². The maximum absolute atomic E-state index is 13.5. The molecule has 0 spiro atoms. The predicted octanol–water partition coefficient (Wildman–Crippen LogP) is 6.58. The maximum atomic E-state index is 13.5. The fourth-order valence-electron chi connectivity index (χ4n) is 15.6. The van der Waals surface area contributed by atoms with Crippen LogP contribution in [-0.2, 0) is 95.2 Å². The van der Waals surface area contributed by atoms with Gasteiger partial charge in [-0.15, -0.1) is 0 Å². The van der Waals surface area contributed by atoms with Crippen LogP contribution in [0.4, 0.5) is 0 Å². The molecule has 2 aliphatic heterocycles. The van der Waals surface area contributed by atoms with Crippen LogP contribution in [0.15, 0.2) is 11.6 Å². The summed E-state index contributed by atoms with van der Waals surface area (Å²) in [5.41, 5.74) is 0.134. The molecule has 7 rings (SSSR count). The number of esters is 8. The van der Waals surface area contributed by atoms with E-state index in [1.807, 2.05) is 0 Å². The third kappa shape index (κ3) is 10.8. The first-order chi connectivity index (χ1) is 35.4. The van der Waals surface area contributed by atoms with Gasteiger partial charge >= 0.3 is 47.8 Å². The SMILES string of the molecule is COC(=O)[C@H]1O[C@@H](O[C@H]2[C@H](O[C@H]3CC[C@]4(C)[C@H]5CC=C6[C@@H]7C[C@@](C)(C(=O)OC)CC[C@]7(C)CC[C@@]6(C)[C@]5(C)CC[C@H]4C3(C)C)O[C@H](COC(C)=O)[C@@H](OC(C)=O)[C@@H]2OC(C)=O)[C@H](OC(C)=O)[C@@H](OC(C)=O)[C@@H]1OC(C)=O. The first-order valence-electron chi connectivity index (χ1n) is 26.9. The van der Waals surface area contributed by atoms with Crippen LogP contribution in [0, 0.1) is 50.2 Å². The molecule has 0 unspecified atom stereocenters. The van der Waals surface area contributed by atoms with Crippen molar-refractivity contribution in [3.8, 4) is 0 Å². The molecule has 5 aliphatic carbocycles. The molecule has 0 aromatic carbocycles. The second-order valence-electron chi connectivity index (χ2n) is 24.5. The highest BCUT2D eigenvalue weighted by Gasteiger charge is 2.69. The van der Waals surface area contributed by atoms with Crippen molar-refractivity contribution >= 4 is 47.8 Å². The molecule has 6 fully saturated rings. The molecule has 0 amide bonds. The van der Waals surface area contributed by atoms with E-state index in [1.54, 1.807) is 0 Å². The summed E-state index contributed by atoms with van der Waals surface area (Å²) in [6.07, 6.45) is -6.05. The summed E-state index contributed by atoms with van der Waals surface area (Å²) >= 11 is 0.